The molecule has 2 atom stereocenters. The van der Waals surface area contributed by atoms with Crippen molar-refractivity contribution in [2.24, 2.45) is 0 Å². The van der Waals surface area contributed by atoms with E-state index in [1.54, 1.807) is 49.4 Å². The highest BCUT2D eigenvalue weighted by Gasteiger charge is 2.25. The van der Waals surface area contributed by atoms with E-state index in [0.29, 0.717) is 39.2 Å². The van der Waals surface area contributed by atoms with Gasteiger partial charge in [-0.3, -0.25) is 14.7 Å². The van der Waals surface area contributed by atoms with Crippen molar-refractivity contribution in [1.82, 2.24) is 9.78 Å². The maximum atomic E-state index is 13.8. The molecule has 0 radical (unpaired) electrons. The SMILES string of the molecule is CCCCCCCCCCC(Oc1ccc(S(=O)Oc2ccc(O)cc2)cc1)C(=O)Nc1ccc(Cl)c(Nc2[nH]n(-c3c(Cl)c(Cl)c(Cl)c(Cl)c3Cl)c(=O)c2C)c1. The molecule has 1 amide bonds. The lowest BCUT2D eigenvalue weighted by Crippen LogP contribution is -2.33. The normalized spacial score (nSPS) is 12.3. The van der Waals surface area contributed by atoms with Crippen LogP contribution in [0.15, 0.2) is 76.4 Å². The topological polar surface area (TPSA) is 135 Å². The summed E-state index contributed by atoms with van der Waals surface area (Å²) in [5.74, 6) is 0.683. The molecule has 0 fully saturated rings. The number of phenols is 1. The van der Waals surface area contributed by atoms with Gasteiger partial charge in [0.2, 0.25) is 11.1 Å². The largest absolute Gasteiger partial charge is 0.508 e. The molecule has 304 valence electrons. The van der Waals surface area contributed by atoms with Gasteiger partial charge in [-0.1, -0.05) is 121 Å². The first-order valence-corrected chi connectivity index (χ1v) is 21.5. The second-order valence-electron chi connectivity index (χ2n) is 13.1. The summed E-state index contributed by atoms with van der Waals surface area (Å²) in [5.41, 5.74) is 0.556. The van der Waals surface area contributed by atoms with Crippen LogP contribution < -0.4 is 25.1 Å². The Morgan fingerprint density at radius 3 is 2.02 bits per heavy atom. The number of hydrogen-bond acceptors (Lipinski definition) is 7. The lowest BCUT2D eigenvalue weighted by Gasteiger charge is -2.20. The Balaban J connectivity index is 1.31. The van der Waals surface area contributed by atoms with Crippen molar-refractivity contribution in [2.45, 2.75) is 82.6 Å². The van der Waals surface area contributed by atoms with Crippen LogP contribution in [-0.2, 0) is 15.9 Å². The maximum absolute atomic E-state index is 13.8. The minimum Gasteiger partial charge on any atom is -0.508 e. The van der Waals surface area contributed by atoms with Crippen molar-refractivity contribution < 1.29 is 23.0 Å². The fourth-order valence-corrected chi connectivity index (χ4v) is 7.99. The number of aromatic hydroxyl groups is 1. The number of rotatable bonds is 19. The number of halogens is 6. The number of phenolic OH excluding ortho intramolecular Hbond substituents is 1. The molecule has 0 aliphatic carbocycles. The summed E-state index contributed by atoms with van der Waals surface area (Å²) in [6, 6.07) is 17.2. The predicted octanol–water partition coefficient (Wildman–Crippen LogP) is 12.9. The number of unbranched alkanes of at least 4 members (excludes halogenated alkanes) is 7. The first-order valence-electron chi connectivity index (χ1n) is 18.2. The summed E-state index contributed by atoms with van der Waals surface area (Å²) >= 11 is 36.3. The van der Waals surface area contributed by atoms with Gasteiger partial charge in [-0.2, -0.15) is 0 Å². The molecule has 0 saturated carbocycles. The fourth-order valence-electron chi connectivity index (χ4n) is 5.78. The Labute approximate surface area is 363 Å². The van der Waals surface area contributed by atoms with Crippen molar-refractivity contribution in [1.29, 1.82) is 0 Å². The van der Waals surface area contributed by atoms with Crippen LogP contribution in [0.2, 0.25) is 30.1 Å². The minimum atomic E-state index is -1.83. The molecular weight excluding hydrogens is 877 g/mol. The van der Waals surface area contributed by atoms with Gasteiger partial charge >= 0.3 is 0 Å². The number of aromatic nitrogens is 2. The van der Waals surface area contributed by atoms with Gasteiger partial charge in [0.05, 0.1) is 46.3 Å². The van der Waals surface area contributed by atoms with Gasteiger partial charge in [-0.15, -0.1) is 0 Å². The third kappa shape index (κ3) is 11.6. The van der Waals surface area contributed by atoms with Gasteiger partial charge in [-0.25, -0.2) is 8.89 Å². The Hall–Kier alpha value is -3.55. The highest BCUT2D eigenvalue weighted by molar-refractivity contribution is 7.80. The lowest BCUT2D eigenvalue weighted by molar-refractivity contribution is -0.123. The van der Waals surface area contributed by atoms with Gasteiger partial charge in [0.1, 0.15) is 28.8 Å². The zero-order chi connectivity index (χ0) is 41.2. The van der Waals surface area contributed by atoms with Crippen LogP contribution in [0.5, 0.6) is 17.2 Å². The summed E-state index contributed by atoms with van der Waals surface area (Å²) in [5, 5.41) is 18.4. The molecule has 0 aliphatic heterocycles. The summed E-state index contributed by atoms with van der Waals surface area (Å²) in [6.45, 7) is 3.77. The maximum Gasteiger partial charge on any atom is 0.276 e. The van der Waals surface area contributed by atoms with Crippen LogP contribution in [0, 0.1) is 6.92 Å². The number of benzene rings is 4. The molecule has 0 bridgehead atoms. The molecular formula is C40H40Cl6N4O6S. The molecule has 1 aromatic heterocycles. The number of anilines is 3. The molecule has 4 aromatic carbocycles. The van der Waals surface area contributed by atoms with Crippen LogP contribution in [0.25, 0.3) is 5.69 Å². The van der Waals surface area contributed by atoms with Crippen molar-refractivity contribution in [2.75, 3.05) is 10.6 Å². The number of carbonyl (C=O) groups is 1. The summed E-state index contributed by atoms with van der Waals surface area (Å²) in [7, 11) is 0. The molecule has 0 spiro atoms. The molecule has 0 aliphatic rings. The fraction of sp³-hybridized carbons (Fsp3) is 0.300. The van der Waals surface area contributed by atoms with Crippen molar-refractivity contribution in [3.63, 3.8) is 0 Å². The van der Waals surface area contributed by atoms with E-state index in [-0.39, 0.29) is 53.8 Å². The zero-order valence-corrected chi connectivity index (χ0v) is 36.3. The molecule has 5 aromatic rings. The van der Waals surface area contributed by atoms with E-state index in [0.717, 1.165) is 30.4 Å². The molecule has 4 N–H and O–H groups in total. The molecule has 2 unspecified atom stereocenters. The second kappa shape index (κ2) is 20.9. The van der Waals surface area contributed by atoms with E-state index in [9.17, 15) is 18.9 Å². The van der Waals surface area contributed by atoms with Crippen LogP contribution >= 0.6 is 69.6 Å². The van der Waals surface area contributed by atoms with Gasteiger partial charge in [0.15, 0.2) is 6.10 Å². The zero-order valence-electron chi connectivity index (χ0n) is 30.9. The Morgan fingerprint density at radius 2 is 1.39 bits per heavy atom. The number of aromatic amines is 1. The van der Waals surface area contributed by atoms with Gasteiger partial charge in [-0.05, 0) is 86.5 Å². The van der Waals surface area contributed by atoms with Gasteiger partial charge in [0.25, 0.3) is 11.5 Å². The number of nitrogens with one attached hydrogen (secondary N) is 3. The minimum absolute atomic E-state index is 0.0128. The van der Waals surface area contributed by atoms with E-state index < -0.39 is 22.7 Å². The first-order chi connectivity index (χ1) is 27.3. The van der Waals surface area contributed by atoms with Gasteiger partial charge < -0.3 is 24.7 Å². The van der Waals surface area contributed by atoms with Crippen molar-refractivity contribution >= 4 is 104 Å². The highest BCUT2D eigenvalue weighted by Crippen LogP contribution is 2.45. The summed E-state index contributed by atoms with van der Waals surface area (Å²) in [4.78, 5) is 27.6. The van der Waals surface area contributed by atoms with Crippen molar-refractivity contribution in [3.05, 3.63) is 113 Å². The molecule has 5 rings (SSSR count). The number of ether oxygens (including phenoxy) is 1. The second-order valence-corrected chi connectivity index (χ2v) is 16.5. The quantitative estimate of drug-likeness (QED) is 0.0368. The van der Waals surface area contributed by atoms with E-state index in [4.69, 9.17) is 78.5 Å². The summed E-state index contributed by atoms with van der Waals surface area (Å²) in [6.07, 6.45) is 8.34. The first kappa shape index (κ1) is 44.6. The van der Waals surface area contributed by atoms with Gasteiger partial charge in [0, 0.05) is 5.69 Å². The average molecular weight is 918 g/mol. The molecule has 10 nitrogen and oxygen atoms in total. The highest BCUT2D eigenvalue weighted by atomic mass is 35.5. The molecule has 57 heavy (non-hydrogen) atoms. The molecule has 1 heterocycles. The number of carbonyl (C=O) groups excluding carboxylic acids is 1. The van der Waals surface area contributed by atoms with Crippen molar-refractivity contribution in [3.8, 4) is 22.9 Å². The van der Waals surface area contributed by atoms with E-state index in [1.807, 2.05) is 0 Å². The molecule has 17 heteroatoms. The lowest BCUT2D eigenvalue weighted by atomic mass is 10.1. The summed E-state index contributed by atoms with van der Waals surface area (Å²) < 4.78 is 25.6. The number of H-pyrrole nitrogens is 1. The van der Waals surface area contributed by atoms with Crippen LogP contribution in [-0.4, -0.2) is 31.1 Å². The number of amides is 1. The van der Waals surface area contributed by atoms with Crippen LogP contribution in [0.4, 0.5) is 17.2 Å². The van der Waals surface area contributed by atoms with Crippen LogP contribution in [0.3, 0.4) is 0 Å². The standard InChI is InChI=1S/C40H40Cl6N4O6S/c1-3-4-5-6-7-8-9-10-11-31(55-26-17-19-28(20-18-26)57(54)56-27-15-13-25(51)14-16-27)39(52)47-24-12-21-29(41)30(22-24)48-38-23(2)40(53)50(49-38)37-35(45)33(43)32(42)34(44)36(37)46/h12-22,31,48-49,51H,3-11H2,1-2H3,(H,47,52). The number of hydrogen-bond donors (Lipinski definition) is 4. The Kier molecular flexibility index (Phi) is 16.4. The number of nitrogens with zero attached hydrogens (tertiary/aromatic N) is 1. The Bertz CT molecular complexity index is 2240. The third-order valence-corrected chi connectivity index (χ3v) is 12.5. The van der Waals surface area contributed by atoms with E-state index >= 15 is 0 Å². The van der Waals surface area contributed by atoms with E-state index in [2.05, 4.69) is 22.7 Å². The molecule has 0 saturated heterocycles. The average Bonchev–Trinajstić information content (AvgIpc) is 3.47. The Morgan fingerprint density at radius 1 is 0.807 bits per heavy atom. The van der Waals surface area contributed by atoms with Crippen LogP contribution in [0.1, 0.15) is 70.3 Å². The predicted molar refractivity (Wildman–Crippen MR) is 233 cm³/mol. The smallest absolute Gasteiger partial charge is 0.276 e. The third-order valence-electron chi connectivity index (χ3n) is 8.94. The monoisotopic (exact) mass is 914 g/mol. The van der Waals surface area contributed by atoms with E-state index in [1.165, 1.54) is 49.9 Å².